The largest absolute Gasteiger partial charge is 0.444 e. The molecule has 6 nitrogen and oxygen atoms in total. The fraction of sp³-hybridized carbons (Fsp3) is 0.579. The van der Waals surface area contributed by atoms with Crippen molar-refractivity contribution in [2.75, 3.05) is 25.5 Å². The topological polar surface area (TPSA) is 70.7 Å². The first kappa shape index (κ1) is 22.9. The molecule has 3 amide bonds. The van der Waals surface area contributed by atoms with Crippen LogP contribution >= 0.6 is 34.8 Å². The van der Waals surface area contributed by atoms with Gasteiger partial charge in [-0.05, 0) is 44.9 Å². The fourth-order valence-electron chi connectivity index (χ4n) is 3.08. The summed E-state index contributed by atoms with van der Waals surface area (Å²) in [7, 11) is 0. The second kappa shape index (κ2) is 9.90. The lowest BCUT2D eigenvalue weighted by Gasteiger charge is -2.39. The summed E-state index contributed by atoms with van der Waals surface area (Å²) in [6.07, 6.45) is 0.209. The van der Waals surface area contributed by atoms with E-state index in [0.717, 1.165) is 5.56 Å². The summed E-state index contributed by atoms with van der Waals surface area (Å²) in [5, 5.41) is 6.57. The smallest absolute Gasteiger partial charge is 0.410 e. The number of hydrogen-bond donors (Lipinski definition) is 2. The highest BCUT2D eigenvalue weighted by Crippen LogP contribution is 2.32. The predicted octanol–water partition coefficient (Wildman–Crippen LogP) is 4.62. The van der Waals surface area contributed by atoms with Gasteiger partial charge in [0.25, 0.3) is 0 Å². The molecule has 0 spiro atoms. The number of nitrogens with zero attached hydrogens (tertiary/aromatic N) is 1. The number of likely N-dealkylation sites (tertiary alicyclic amines) is 1. The van der Waals surface area contributed by atoms with Crippen LogP contribution in [0.5, 0.6) is 0 Å². The summed E-state index contributed by atoms with van der Waals surface area (Å²) >= 11 is 17.9. The second-order valence-electron chi connectivity index (χ2n) is 7.69. The normalized spacial score (nSPS) is 19.9. The van der Waals surface area contributed by atoms with Crippen LogP contribution in [0.3, 0.4) is 0 Å². The van der Waals surface area contributed by atoms with Gasteiger partial charge in [-0.25, -0.2) is 9.59 Å². The monoisotopic (exact) mass is 449 g/mol. The minimum Gasteiger partial charge on any atom is -0.444 e. The summed E-state index contributed by atoms with van der Waals surface area (Å²) in [5.41, 5.74) is 0.317. The van der Waals surface area contributed by atoms with Crippen molar-refractivity contribution in [1.29, 1.82) is 0 Å². The highest BCUT2D eigenvalue weighted by Gasteiger charge is 2.35. The van der Waals surface area contributed by atoms with Crippen LogP contribution in [0.25, 0.3) is 0 Å². The lowest BCUT2D eigenvalue weighted by atomic mass is 9.86. The molecule has 2 atom stereocenters. The van der Waals surface area contributed by atoms with E-state index in [4.69, 9.17) is 39.5 Å². The van der Waals surface area contributed by atoms with Gasteiger partial charge in [-0.1, -0.05) is 29.3 Å². The van der Waals surface area contributed by atoms with Crippen molar-refractivity contribution in [3.63, 3.8) is 0 Å². The number of rotatable bonds is 4. The Morgan fingerprint density at radius 3 is 2.57 bits per heavy atom. The summed E-state index contributed by atoms with van der Waals surface area (Å²) in [6.45, 7) is 6.74. The Labute approximate surface area is 180 Å². The van der Waals surface area contributed by atoms with Gasteiger partial charge in [0.05, 0.1) is 10.0 Å². The molecule has 1 saturated heterocycles. The number of amides is 3. The first-order valence-electron chi connectivity index (χ1n) is 9.14. The van der Waals surface area contributed by atoms with Crippen LogP contribution in [-0.2, 0) is 4.74 Å². The number of urea groups is 1. The van der Waals surface area contributed by atoms with Crippen LogP contribution in [0.1, 0.15) is 38.7 Å². The molecule has 9 heteroatoms. The van der Waals surface area contributed by atoms with Crippen LogP contribution < -0.4 is 10.6 Å². The maximum atomic E-state index is 12.5. The number of benzene rings is 1. The molecule has 2 rings (SSSR count). The van der Waals surface area contributed by atoms with Crippen LogP contribution in [0.4, 0.5) is 9.59 Å². The van der Waals surface area contributed by atoms with Crippen molar-refractivity contribution < 1.29 is 14.3 Å². The van der Waals surface area contributed by atoms with Gasteiger partial charge >= 0.3 is 12.1 Å². The minimum atomic E-state index is -0.577. The third-order valence-electron chi connectivity index (χ3n) is 4.33. The molecule has 1 aromatic rings. The molecule has 28 heavy (non-hydrogen) atoms. The molecule has 1 aromatic carbocycles. The van der Waals surface area contributed by atoms with Gasteiger partial charge < -0.3 is 20.3 Å². The van der Waals surface area contributed by atoms with Crippen molar-refractivity contribution >= 4 is 46.9 Å². The Kier molecular flexibility index (Phi) is 8.10. The van der Waals surface area contributed by atoms with Crippen LogP contribution in [-0.4, -0.2) is 54.2 Å². The first-order valence-corrected chi connectivity index (χ1v) is 10.4. The molecule has 0 unspecified atom stereocenters. The molecule has 0 bridgehead atoms. The Morgan fingerprint density at radius 2 is 1.96 bits per heavy atom. The number of alkyl halides is 1. The van der Waals surface area contributed by atoms with Crippen molar-refractivity contribution in [2.45, 2.75) is 44.8 Å². The van der Waals surface area contributed by atoms with E-state index in [1.807, 2.05) is 26.8 Å². The molecule has 0 aromatic heterocycles. The SMILES string of the molecule is CC(C)(C)OC(=O)N1CC[C@@H](NC(=O)NCCCl)[C@H](c2ccc(Cl)c(Cl)c2)C1. The Bertz CT molecular complexity index is 709. The average Bonchev–Trinajstić information content (AvgIpc) is 2.61. The third-order valence-corrected chi connectivity index (χ3v) is 5.26. The number of piperidine rings is 1. The number of ether oxygens (including phenoxy) is 1. The number of nitrogens with one attached hydrogen (secondary N) is 2. The van der Waals surface area contributed by atoms with Crippen molar-refractivity contribution in [1.82, 2.24) is 15.5 Å². The number of carbonyl (C=O) groups excluding carboxylic acids is 2. The lowest BCUT2D eigenvalue weighted by Crippen LogP contribution is -2.54. The van der Waals surface area contributed by atoms with Crippen molar-refractivity contribution in [2.24, 2.45) is 0 Å². The Balaban J connectivity index is 2.20. The maximum Gasteiger partial charge on any atom is 0.410 e. The second-order valence-corrected chi connectivity index (χ2v) is 8.88. The van der Waals surface area contributed by atoms with E-state index < -0.39 is 5.60 Å². The van der Waals surface area contributed by atoms with Gasteiger partial charge in [0.1, 0.15) is 5.60 Å². The predicted molar refractivity (Wildman–Crippen MR) is 113 cm³/mol. The van der Waals surface area contributed by atoms with Gasteiger partial charge in [-0.15, -0.1) is 11.6 Å². The zero-order chi connectivity index (χ0) is 20.9. The highest BCUT2D eigenvalue weighted by molar-refractivity contribution is 6.42. The zero-order valence-electron chi connectivity index (χ0n) is 16.2. The van der Waals surface area contributed by atoms with E-state index in [2.05, 4.69) is 10.6 Å². The summed E-state index contributed by atoms with van der Waals surface area (Å²) in [6, 6.07) is 4.89. The van der Waals surface area contributed by atoms with E-state index in [9.17, 15) is 9.59 Å². The third kappa shape index (κ3) is 6.61. The summed E-state index contributed by atoms with van der Waals surface area (Å²) < 4.78 is 5.50. The molecule has 156 valence electrons. The average molecular weight is 451 g/mol. The van der Waals surface area contributed by atoms with E-state index in [1.54, 1.807) is 17.0 Å². The standard InChI is InChI=1S/C19H26Cl3N3O3/c1-19(2,3)28-18(27)25-9-6-16(24-17(26)23-8-7-20)13(11-25)12-4-5-14(21)15(22)10-12/h4-5,10,13,16H,6-9,11H2,1-3H3,(H2,23,24,26)/t13-,16+/m0/s1. The minimum absolute atomic E-state index is 0.155. The van der Waals surface area contributed by atoms with Gasteiger partial charge in [0.2, 0.25) is 0 Å². The Morgan fingerprint density at radius 1 is 1.25 bits per heavy atom. The van der Waals surface area contributed by atoms with Crippen LogP contribution in [0.2, 0.25) is 10.0 Å². The van der Waals surface area contributed by atoms with Crippen molar-refractivity contribution in [3.05, 3.63) is 33.8 Å². The van der Waals surface area contributed by atoms with E-state index in [-0.39, 0.29) is 24.1 Å². The summed E-state index contributed by atoms with van der Waals surface area (Å²) in [4.78, 5) is 26.3. The fourth-order valence-corrected chi connectivity index (χ4v) is 3.48. The summed E-state index contributed by atoms with van der Waals surface area (Å²) in [5.74, 6) is 0.179. The van der Waals surface area contributed by atoms with E-state index >= 15 is 0 Å². The quantitative estimate of drug-likeness (QED) is 0.657. The van der Waals surface area contributed by atoms with Crippen molar-refractivity contribution in [3.8, 4) is 0 Å². The lowest BCUT2D eigenvalue weighted by molar-refractivity contribution is 0.0179. The van der Waals surface area contributed by atoms with Crippen LogP contribution in [0, 0.1) is 0 Å². The van der Waals surface area contributed by atoms with E-state index in [1.165, 1.54) is 0 Å². The van der Waals surface area contributed by atoms with Gasteiger partial charge in [0.15, 0.2) is 0 Å². The maximum absolute atomic E-state index is 12.5. The highest BCUT2D eigenvalue weighted by atomic mass is 35.5. The number of carbonyl (C=O) groups is 2. The molecule has 0 saturated carbocycles. The molecule has 2 N–H and O–H groups in total. The van der Waals surface area contributed by atoms with Gasteiger partial charge in [0, 0.05) is 37.5 Å². The Hall–Kier alpha value is -1.37. The molecule has 1 aliphatic rings. The molecule has 0 aliphatic carbocycles. The van der Waals surface area contributed by atoms with E-state index in [0.29, 0.717) is 42.0 Å². The number of halogens is 3. The van der Waals surface area contributed by atoms with Gasteiger partial charge in [-0.3, -0.25) is 0 Å². The molecule has 1 fully saturated rings. The molecular weight excluding hydrogens is 425 g/mol. The van der Waals surface area contributed by atoms with Crippen LogP contribution in [0.15, 0.2) is 18.2 Å². The molecule has 1 heterocycles. The molecule has 1 aliphatic heterocycles. The van der Waals surface area contributed by atoms with Gasteiger partial charge in [-0.2, -0.15) is 0 Å². The molecule has 0 radical (unpaired) electrons. The molecular formula is C19H26Cl3N3O3. The first-order chi connectivity index (χ1) is 13.1. The zero-order valence-corrected chi connectivity index (χ0v) is 18.5. The number of hydrogen-bond acceptors (Lipinski definition) is 3.